The number of amides is 1. The topological polar surface area (TPSA) is 93.4 Å². The summed E-state index contributed by atoms with van der Waals surface area (Å²) >= 11 is 1.57. The fraction of sp³-hybridized carbons (Fsp3) is 0.393. The first-order valence-corrected chi connectivity index (χ1v) is 13.4. The van der Waals surface area contributed by atoms with Crippen LogP contribution in [0.1, 0.15) is 51.2 Å². The lowest BCUT2D eigenvalue weighted by molar-refractivity contribution is -0.127. The number of ether oxygens (including phenoxy) is 1. The smallest absolute Gasteiger partial charge is 0.219 e. The van der Waals surface area contributed by atoms with Gasteiger partial charge < -0.3 is 20.7 Å². The molecule has 7 nitrogen and oxygen atoms in total. The van der Waals surface area contributed by atoms with Crippen molar-refractivity contribution in [2.24, 2.45) is 5.73 Å². The Kier molecular flexibility index (Phi) is 11.5. The van der Waals surface area contributed by atoms with Crippen LogP contribution in [-0.4, -0.2) is 47.2 Å². The van der Waals surface area contributed by atoms with E-state index in [1.165, 1.54) is 5.56 Å². The number of carbonyl (C=O) groups is 1. The third-order valence-electron chi connectivity index (χ3n) is 5.51. The number of hydrogen-bond acceptors (Lipinski definition) is 7. The van der Waals surface area contributed by atoms with Crippen LogP contribution < -0.4 is 15.8 Å². The van der Waals surface area contributed by atoms with Gasteiger partial charge in [-0.3, -0.25) is 4.79 Å². The van der Waals surface area contributed by atoms with Crippen LogP contribution in [-0.2, 0) is 4.79 Å². The van der Waals surface area contributed by atoms with Crippen molar-refractivity contribution in [2.75, 3.05) is 31.8 Å². The Morgan fingerprint density at radius 1 is 1.25 bits per heavy atom. The minimum absolute atomic E-state index is 0.145. The van der Waals surface area contributed by atoms with Gasteiger partial charge in [-0.25, -0.2) is 9.97 Å². The molecular formula is C28H39N5O2S. The number of benzene rings is 2. The Morgan fingerprint density at radius 3 is 2.58 bits per heavy atom. The fourth-order valence-electron chi connectivity index (χ4n) is 3.58. The molecule has 3 N–H and O–H groups in total. The van der Waals surface area contributed by atoms with Crippen molar-refractivity contribution in [1.29, 1.82) is 0 Å². The second-order valence-corrected chi connectivity index (χ2v) is 9.59. The summed E-state index contributed by atoms with van der Waals surface area (Å²) in [4.78, 5) is 21.1. The number of thioether (sulfide) groups is 1. The lowest BCUT2D eigenvalue weighted by Gasteiger charge is -2.15. The molecule has 0 atom stereocenters. The van der Waals surface area contributed by atoms with Crippen LogP contribution in [0.3, 0.4) is 0 Å². The van der Waals surface area contributed by atoms with Crippen molar-refractivity contribution < 1.29 is 9.53 Å². The molecule has 0 aliphatic heterocycles. The lowest BCUT2D eigenvalue weighted by Crippen LogP contribution is -2.24. The second-order valence-electron chi connectivity index (χ2n) is 8.88. The molecule has 0 saturated heterocycles. The average Bonchev–Trinajstić information content (AvgIpc) is 2.84. The van der Waals surface area contributed by atoms with Crippen molar-refractivity contribution in [1.82, 2.24) is 14.9 Å². The van der Waals surface area contributed by atoms with Crippen molar-refractivity contribution in [3.8, 4) is 5.75 Å². The summed E-state index contributed by atoms with van der Waals surface area (Å²) in [5.74, 6) is 2.16. The Labute approximate surface area is 219 Å². The highest BCUT2D eigenvalue weighted by molar-refractivity contribution is 8.01. The standard InChI is InChI=1S/C22H26N4OS.C6H13NO/c1-14(2)18-6-5-7-19-21(18)22(25-13-24-19)26-17-8-9-20(15(3)10-17)27-11-16(23)12-28-4;1-4-5-7(3)6(2)8/h5-10,12-14H,11,23H2,1-4H3,(H,24,25,26);4-5H2,1-3H3/b16-12-;. The number of fused-ring (bicyclic) bond motifs is 1. The van der Waals surface area contributed by atoms with Crippen LogP contribution in [0.5, 0.6) is 5.75 Å². The molecule has 1 heterocycles. The van der Waals surface area contributed by atoms with Gasteiger partial charge in [0.15, 0.2) is 0 Å². The van der Waals surface area contributed by atoms with Gasteiger partial charge in [0, 0.05) is 31.6 Å². The van der Waals surface area contributed by atoms with Gasteiger partial charge in [0.25, 0.3) is 0 Å². The SMILES string of the molecule is CCCN(C)C(C)=O.CS/C=C(\N)COc1ccc(Nc2ncnc3cccc(C(C)C)c23)cc1C. The summed E-state index contributed by atoms with van der Waals surface area (Å²) < 4.78 is 5.82. The number of aryl methyl sites for hydroxylation is 1. The molecule has 0 aliphatic carbocycles. The first kappa shape index (κ1) is 29.0. The van der Waals surface area contributed by atoms with Gasteiger partial charge in [-0.05, 0) is 66.3 Å². The van der Waals surface area contributed by atoms with Gasteiger partial charge in [0.1, 0.15) is 24.5 Å². The van der Waals surface area contributed by atoms with Crippen LogP contribution in [0.2, 0.25) is 0 Å². The Morgan fingerprint density at radius 2 is 2.00 bits per heavy atom. The molecule has 1 amide bonds. The highest BCUT2D eigenvalue weighted by Crippen LogP contribution is 2.31. The van der Waals surface area contributed by atoms with Crippen LogP contribution >= 0.6 is 11.8 Å². The van der Waals surface area contributed by atoms with Crippen molar-refractivity contribution >= 4 is 40.1 Å². The highest BCUT2D eigenvalue weighted by Gasteiger charge is 2.12. The van der Waals surface area contributed by atoms with E-state index in [2.05, 4.69) is 48.2 Å². The summed E-state index contributed by atoms with van der Waals surface area (Å²) in [5.41, 5.74) is 10.8. The quantitative estimate of drug-likeness (QED) is 0.353. The third kappa shape index (κ3) is 8.45. The van der Waals surface area contributed by atoms with E-state index in [1.54, 1.807) is 29.9 Å². The molecule has 3 rings (SSSR count). The van der Waals surface area contributed by atoms with Crippen LogP contribution in [0.4, 0.5) is 11.5 Å². The monoisotopic (exact) mass is 509 g/mol. The molecule has 8 heteroatoms. The maximum atomic E-state index is 10.5. The summed E-state index contributed by atoms with van der Waals surface area (Å²) in [6.45, 7) is 11.3. The predicted octanol–water partition coefficient (Wildman–Crippen LogP) is 6.22. The Balaban J connectivity index is 0.000000493. The molecule has 0 radical (unpaired) electrons. The number of rotatable bonds is 9. The number of nitrogens with zero attached hydrogens (tertiary/aromatic N) is 3. The van der Waals surface area contributed by atoms with Gasteiger partial charge in [-0.2, -0.15) is 0 Å². The molecule has 36 heavy (non-hydrogen) atoms. The summed E-state index contributed by atoms with van der Waals surface area (Å²) in [6.07, 6.45) is 4.61. The van der Waals surface area contributed by atoms with E-state index >= 15 is 0 Å². The second kappa shape index (κ2) is 14.3. The van der Waals surface area contributed by atoms with E-state index in [1.807, 2.05) is 49.9 Å². The number of aromatic nitrogens is 2. The largest absolute Gasteiger partial charge is 0.487 e. The van der Waals surface area contributed by atoms with E-state index < -0.39 is 0 Å². The van der Waals surface area contributed by atoms with Crippen LogP contribution in [0, 0.1) is 6.92 Å². The molecule has 194 valence electrons. The maximum Gasteiger partial charge on any atom is 0.219 e. The first-order chi connectivity index (χ1) is 17.2. The van der Waals surface area contributed by atoms with Gasteiger partial charge in [-0.1, -0.05) is 32.9 Å². The molecule has 0 spiro atoms. The molecule has 0 saturated carbocycles. The zero-order valence-electron chi connectivity index (χ0n) is 22.5. The molecule has 2 aromatic carbocycles. The number of nitrogens with two attached hydrogens (primary N) is 1. The molecule has 1 aromatic heterocycles. The van der Waals surface area contributed by atoms with Crippen molar-refractivity contribution in [3.05, 3.63) is 65.0 Å². The lowest BCUT2D eigenvalue weighted by atomic mass is 9.98. The van der Waals surface area contributed by atoms with E-state index in [9.17, 15) is 4.79 Å². The zero-order valence-corrected chi connectivity index (χ0v) is 23.3. The third-order valence-corrected chi connectivity index (χ3v) is 6.05. The van der Waals surface area contributed by atoms with Gasteiger partial charge >= 0.3 is 0 Å². The average molecular weight is 510 g/mol. The van der Waals surface area contributed by atoms with Gasteiger partial charge in [0.05, 0.1) is 11.2 Å². The highest BCUT2D eigenvalue weighted by atomic mass is 32.2. The number of nitrogens with one attached hydrogen (secondary N) is 1. The van der Waals surface area contributed by atoms with Crippen molar-refractivity contribution in [2.45, 2.75) is 47.0 Å². The molecule has 0 bridgehead atoms. The molecule has 3 aromatic rings. The van der Waals surface area contributed by atoms with Crippen LogP contribution in [0.15, 0.2) is 53.8 Å². The molecule has 0 fully saturated rings. The minimum Gasteiger partial charge on any atom is -0.487 e. The van der Waals surface area contributed by atoms with E-state index in [0.717, 1.165) is 46.7 Å². The summed E-state index contributed by atoms with van der Waals surface area (Å²) in [7, 11) is 1.81. The fourth-order valence-corrected chi connectivity index (χ4v) is 3.95. The number of carbonyl (C=O) groups excluding carboxylic acids is 1. The summed E-state index contributed by atoms with van der Waals surface area (Å²) in [6, 6.07) is 12.2. The van der Waals surface area contributed by atoms with Crippen molar-refractivity contribution in [3.63, 3.8) is 0 Å². The minimum atomic E-state index is 0.145. The normalized spacial score (nSPS) is 11.2. The molecule has 0 unspecified atom stereocenters. The summed E-state index contributed by atoms with van der Waals surface area (Å²) in [5, 5.41) is 6.40. The maximum absolute atomic E-state index is 10.5. The number of hydrogen-bond donors (Lipinski definition) is 2. The van der Waals surface area contributed by atoms with E-state index in [0.29, 0.717) is 18.2 Å². The van der Waals surface area contributed by atoms with E-state index in [4.69, 9.17) is 10.5 Å². The first-order valence-electron chi connectivity index (χ1n) is 12.1. The zero-order chi connectivity index (χ0) is 26.7. The van der Waals surface area contributed by atoms with Gasteiger partial charge in [-0.15, -0.1) is 11.8 Å². The Hall–Kier alpha value is -3.26. The Bertz CT molecular complexity index is 1170. The molecule has 0 aliphatic rings. The predicted molar refractivity (Wildman–Crippen MR) is 153 cm³/mol. The van der Waals surface area contributed by atoms with Gasteiger partial charge in [0.2, 0.25) is 5.91 Å². The number of anilines is 2. The van der Waals surface area contributed by atoms with Crippen LogP contribution in [0.25, 0.3) is 10.9 Å². The molecular weight excluding hydrogens is 470 g/mol. The van der Waals surface area contributed by atoms with E-state index in [-0.39, 0.29) is 5.91 Å².